The fourth-order valence-electron chi connectivity index (χ4n) is 5.86. The molecular formula is C32H36N2O2. The third-order valence-corrected chi connectivity index (χ3v) is 7.99. The lowest BCUT2D eigenvalue weighted by Gasteiger charge is -2.33. The van der Waals surface area contributed by atoms with Crippen LogP contribution in [0.15, 0.2) is 78.9 Å². The number of hydrogen-bond acceptors (Lipinski definition) is 3. The topological polar surface area (TPSA) is 49.4 Å². The Balaban J connectivity index is 1.13. The van der Waals surface area contributed by atoms with E-state index in [1.807, 2.05) is 36.4 Å². The van der Waals surface area contributed by atoms with Crippen molar-refractivity contribution < 1.29 is 9.59 Å². The lowest BCUT2D eigenvalue weighted by molar-refractivity contribution is 0.0877. The fraction of sp³-hybridized carbons (Fsp3) is 0.375. The summed E-state index contributed by atoms with van der Waals surface area (Å²) in [6.45, 7) is 3.77. The molecule has 3 aromatic rings. The number of nitrogens with zero attached hydrogens (tertiary/aromatic N) is 1. The lowest BCUT2D eigenvalue weighted by atomic mass is 9.79. The van der Waals surface area contributed by atoms with E-state index in [9.17, 15) is 9.59 Å². The number of rotatable bonds is 8. The van der Waals surface area contributed by atoms with Gasteiger partial charge in [0.2, 0.25) is 0 Å². The van der Waals surface area contributed by atoms with Crippen molar-refractivity contribution in [2.45, 2.75) is 44.4 Å². The van der Waals surface area contributed by atoms with Gasteiger partial charge in [-0.2, -0.15) is 0 Å². The second-order valence-corrected chi connectivity index (χ2v) is 10.2. The highest BCUT2D eigenvalue weighted by Gasteiger charge is 2.30. The van der Waals surface area contributed by atoms with E-state index in [-0.39, 0.29) is 17.6 Å². The summed E-state index contributed by atoms with van der Waals surface area (Å²) in [5.41, 5.74) is 5.01. The summed E-state index contributed by atoms with van der Waals surface area (Å²) in [7, 11) is 0. The van der Waals surface area contributed by atoms with Gasteiger partial charge in [0.25, 0.3) is 5.91 Å². The largest absolute Gasteiger partial charge is 0.352 e. The quantitative estimate of drug-likeness (QED) is 0.452. The molecule has 1 amide bonds. The van der Waals surface area contributed by atoms with Gasteiger partial charge >= 0.3 is 0 Å². The maximum Gasteiger partial charge on any atom is 0.251 e. The van der Waals surface area contributed by atoms with Crippen LogP contribution in [0.1, 0.15) is 69.0 Å². The molecule has 0 saturated carbocycles. The minimum Gasteiger partial charge on any atom is -0.352 e. The Bertz CT molecular complexity index is 1170. The van der Waals surface area contributed by atoms with Crippen LogP contribution in [-0.2, 0) is 12.8 Å². The van der Waals surface area contributed by atoms with Crippen LogP contribution >= 0.6 is 0 Å². The average molecular weight is 481 g/mol. The summed E-state index contributed by atoms with van der Waals surface area (Å²) >= 11 is 0. The standard InChI is InChI=1S/C32H36N2O2/c35-31-27(19-23-34-21-17-26(18-22-34)25-10-5-2-6-11-25)14-15-28-29(31)12-7-13-30(28)32(36)33-20-16-24-8-3-1-4-9-24/h1-13,26-27H,14-23H2,(H,33,36)/t27-/m0/s1. The first-order valence-electron chi connectivity index (χ1n) is 13.4. The molecular weight excluding hydrogens is 444 g/mol. The molecule has 0 bridgehead atoms. The van der Waals surface area contributed by atoms with E-state index in [2.05, 4.69) is 52.7 Å². The summed E-state index contributed by atoms with van der Waals surface area (Å²) in [5.74, 6) is 0.855. The molecule has 3 aromatic carbocycles. The Morgan fingerprint density at radius 3 is 2.33 bits per heavy atom. The van der Waals surface area contributed by atoms with Crippen LogP contribution < -0.4 is 5.32 Å². The van der Waals surface area contributed by atoms with Crippen LogP contribution in [0.3, 0.4) is 0 Å². The van der Waals surface area contributed by atoms with E-state index in [4.69, 9.17) is 0 Å². The van der Waals surface area contributed by atoms with Crippen molar-refractivity contribution >= 4 is 11.7 Å². The summed E-state index contributed by atoms with van der Waals surface area (Å²) in [6.07, 6.45) is 5.71. The van der Waals surface area contributed by atoms with E-state index in [0.29, 0.717) is 18.0 Å². The molecule has 36 heavy (non-hydrogen) atoms. The number of fused-ring (bicyclic) bond motifs is 1. The van der Waals surface area contributed by atoms with Gasteiger partial charge in [-0.3, -0.25) is 9.59 Å². The molecule has 186 valence electrons. The predicted octanol–water partition coefficient (Wildman–Crippen LogP) is 5.67. The molecule has 5 rings (SSSR count). The van der Waals surface area contributed by atoms with Crippen molar-refractivity contribution in [3.05, 3.63) is 107 Å². The summed E-state index contributed by atoms with van der Waals surface area (Å²) < 4.78 is 0. The van der Waals surface area contributed by atoms with Gasteiger partial charge in [0.05, 0.1) is 0 Å². The first-order chi connectivity index (χ1) is 17.7. The Morgan fingerprint density at radius 1 is 0.861 bits per heavy atom. The molecule has 4 nitrogen and oxygen atoms in total. The summed E-state index contributed by atoms with van der Waals surface area (Å²) in [5, 5.41) is 3.05. The second kappa shape index (κ2) is 11.7. The highest BCUT2D eigenvalue weighted by Crippen LogP contribution is 2.32. The molecule has 0 aromatic heterocycles. The number of hydrogen-bond donors (Lipinski definition) is 1. The molecule has 4 heteroatoms. The molecule has 0 spiro atoms. The number of piperidine rings is 1. The van der Waals surface area contributed by atoms with Gasteiger partial charge in [0.15, 0.2) is 5.78 Å². The number of likely N-dealkylation sites (tertiary alicyclic amines) is 1. The van der Waals surface area contributed by atoms with Gasteiger partial charge < -0.3 is 10.2 Å². The zero-order chi connectivity index (χ0) is 24.7. The molecule has 2 aliphatic rings. The molecule has 0 radical (unpaired) electrons. The van der Waals surface area contributed by atoms with Crippen molar-refractivity contribution in [1.29, 1.82) is 0 Å². The number of carbonyl (C=O) groups excluding carboxylic acids is 2. The number of nitrogens with one attached hydrogen (secondary N) is 1. The van der Waals surface area contributed by atoms with E-state index < -0.39 is 0 Å². The van der Waals surface area contributed by atoms with Crippen LogP contribution in [0.4, 0.5) is 0 Å². The van der Waals surface area contributed by atoms with E-state index >= 15 is 0 Å². The van der Waals surface area contributed by atoms with Crippen LogP contribution in [0.25, 0.3) is 0 Å². The van der Waals surface area contributed by atoms with Gasteiger partial charge in [0, 0.05) is 23.6 Å². The Kier molecular flexibility index (Phi) is 7.92. The van der Waals surface area contributed by atoms with E-state index in [1.165, 1.54) is 24.0 Å². The average Bonchev–Trinajstić information content (AvgIpc) is 2.94. The molecule has 1 heterocycles. The predicted molar refractivity (Wildman–Crippen MR) is 145 cm³/mol. The molecule has 1 atom stereocenters. The highest BCUT2D eigenvalue weighted by atomic mass is 16.1. The van der Waals surface area contributed by atoms with Crippen molar-refractivity contribution in [1.82, 2.24) is 10.2 Å². The number of carbonyl (C=O) groups is 2. The first kappa shape index (κ1) is 24.5. The van der Waals surface area contributed by atoms with E-state index in [0.717, 1.165) is 56.4 Å². The minimum atomic E-state index is -0.0738. The molecule has 1 aliphatic heterocycles. The Morgan fingerprint density at radius 2 is 1.58 bits per heavy atom. The number of Topliss-reactive ketones (excluding diaryl/α,β-unsaturated/α-hetero) is 1. The van der Waals surface area contributed by atoms with Gasteiger partial charge in [0.1, 0.15) is 0 Å². The Hall–Kier alpha value is -3.24. The zero-order valence-corrected chi connectivity index (χ0v) is 21.0. The third kappa shape index (κ3) is 5.76. The molecule has 1 saturated heterocycles. The minimum absolute atomic E-state index is 0.0562. The number of amides is 1. The Labute approximate surface area is 214 Å². The highest BCUT2D eigenvalue weighted by molar-refractivity contribution is 6.04. The molecule has 1 aliphatic carbocycles. The van der Waals surface area contributed by atoms with Crippen molar-refractivity contribution in [3.63, 3.8) is 0 Å². The maximum atomic E-state index is 13.4. The monoisotopic (exact) mass is 480 g/mol. The SMILES string of the molecule is O=C(NCCc1ccccc1)c1cccc2c1CC[C@@H](CCN1CCC(c3ccccc3)CC1)C2=O. The molecule has 1 fully saturated rings. The smallest absolute Gasteiger partial charge is 0.251 e. The van der Waals surface area contributed by atoms with Crippen LogP contribution in [-0.4, -0.2) is 42.8 Å². The van der Waals surface area contributed by atoms with Crippen molar-refractivity contribution in [2.75, 3.05) is 26.2 Å². The number of ketones is 1. The third-order valence-electron chi connectivity index (χ3n) is 7.99. The summed E-state index contributed by atoms with van der Waals surface area (Å²) in [4.78, 5) is 28.8. The lowest BCUT2D eigenvalue weighted by Crippen LogP contribution is -2.36. The van der Waals surface area contributed by atoms with E-state index in [1.54, 1.807) is 0 Å². The number of benzene rings is 3. The van der Waals surface area contributed by atoms with Gasteiger partial charge in [-0.1, -0.05) is 72.8 Å². The van der Waals surface area contributed by atoms with Crippen molar-refractivity contribution in [3.8, 4) is 0 Å². The van der Waals surface area contributed by atoms with Gasteiger partial charge in [-0.15, -0.1) is 0 Å². The van der Waals surface area contributed by atoms with Crippen LogP contribution in [0, 0.1) is 5.92 Å². The summed E-state index contributed by atoms with van der Waals surface area (Å²) in [6, 6.07) is 26.6. The normalized spacial score (nSPS) is 18.6. The maximum absolute atomic E-state index is 13.4. The second-order valence-electron chi connectivity index (χ2n) is 10.2. The van der Waals surface area contributed by atoms with Crippen LogP contribution in [0.5, 0.6) is 0 Å². The molecule has 0 unspecified atom stereocenters. The van der Waals surface area contributed by atoms with Gasteiger partial charge in [-0.25, -0.2) is 0 Å². The molecule has 1 N–H and O–H groups in total. The zero-order valence-electron chi connectivity index (χ0n) is 21.0. The van der Waals surface area contributed by atoms with Gasteiger partial charge in [-0.05, 0) is 86.8 Å². The van der Waals surface area contributed by atoms with Crippen molar-refractivity contribution in [2.24, 2.45) is 5.92 Å². The van der Waals surface area contributed by atoms with Crippen LogP contribution in [0.2, 0.25) is 0 Å². The first-order valence-corrected chi connectivity index (χ1v) is 13.4. The fourth-order valence-corrected chi connectivity index (χ4v) is 5.86.